The number of allylic oxidation sites excluding steroid dienone is 8. The summed E-state index contributed by atoms with van der Waals surface area (Å²) in [7, 11) is 2.22. The summed E-state index contributed by atoms with van der Waals surface area (Å²) in [6.07, 6.45) is 18.9. The maximum Gasteiger partial charge on any atom is 0.210 e. The molecule has 44 heavy (non-hydrogen) atoms. The highest BCUT2D eigenvalue weighted by molar-refractivity contribution is 6.07. The molecule has 0 spiro atoms. The topological polar surface area (TPSA) is 6.25 Å². The third-order valence-corrected chi connectivity index (χ3v) is 10.4. The van der Waals surface area contributed by atoms with E-state index in [-0.39, 0.29) is 10.8 Å². The van der Waals surface area contributed by atoms with Crippen LogP contribution in [-0.4, -0.2) is 23.9 Å². The molecule has 3 aliphatic rings. The molecule has 0 saturated heterocycles. The molecular formula is C42H45N2+. The Labute approximate surface area is 263 Å². The summed E-state index contributed by atoms with van der Waals surface area (Å²) in [5, 5.41) is 5.35. The van der Waals surface area contributed by atoms with Gasteiger partial charge in [0.25, 0.3) is 0 Å². The second kappa shape index (κ2) is 10.8. The van der Waals surface area contributed by atoms with Crippen LogP contribution in [0.3, 0.4) is 0 Å². The molecule has 2 heteroatoms. The standard InChI is InChI=1S/C42H45N2/c1-29-20-22-30(23-21-29)13-12-28-44-36-27-25-32-15-8-10-17-34(32)40(36)42(4,5)38(44)19-11-18-37-41(2,3)39-33-16-9-7-14-31(33)24-26-35(39)43(37)6/h7-11,14-27,29-30H,12-13,28H2,1-6H3/q+1. The van der Waals surface area contributed by atoms with Gasteiger partial charge in [-0.3, -0.25) is 0 Å². The Morgan fingerprint density at radius 3 is 2.09 bits per heavy atom. The molecule has 0 fully saturated rings. The van der Waals surface area contributed by atoms with Crippen LogP contribution in [0, 0.1) is 11.8 Å². The van der Waals surface area contributed by atoms with Gasteiger partial charge in [0.15, 0.2) is 5.71 Å². The molecule has 0 N–H and O–H groups in total. The molecule has 0 radical (unpaired) electrons. The van der Waals surface area contributed by atoms with Gasteiger partial charge >= 0.3 is 0 Å². The first kappa shape index (κ1) is 28.6. The number of nitrogens with zero attached hydrogens (tertiary/aromatic N) is 2. The Morgan fingerprint density at radius 2 is 1.39 bits per heavy atom. The number of hydrogen-bond donors (Lipinski definition) is 0. The molecule has 0 unspecified atom stereocenters. The molecule has 0 atom stereocenters. The van der Waals surface area contributed by atoms with Gasteiger partial charge < -0.3 is 4.90 Å². The van der Waals surface area contributed by atoms with Gasteiger partial charge in [0.05, 0.1) is 5.41 Å². The molecular weight excluding hydrogens is 532 g/mol. The summed E-state index contributed by atoms with van der Waals surface area (Å²) in [5.74, 6) is 1.10. The highest BCUT2D eigenvalue weighted by Gasteiger charge is 2.44. The van der Waals surface area contributed by atoms with Gasteiger partial charge in [-0.15, -0.1) is 0 Å². The lowest BCUT2D eigenvalue weighted by Crippen LogP contribution is -2.28. The number of rotatable bonds is 6. The van der Waals surface area contributed by atoms with Crippen LogP contribution in [0.5, 0.6) is 0 Å². The van der Waals surface area contributed by atoms with Gasteiger partial charge in [-0.2, -0.15) is 4.58 Å². The monoisotopic (exact) mass is 577 g/mol. The van der Waals surface area contributed by atoms with Crippen LogP contribution in [0.1, 0.15) is 58.6 Å². The van der Waals surface area contributed by atoms with E-state index in [9.17, 15) is 0 Å². The number of benzene rings is 4. The summed E-state index contributed by atoms with van der Waals surface area (Å²) in [4.78, 5) is 2.61. The second-order valence-corrected chi connectivity index (χ2v) is 14.1. The van der Waals surface area contributed by atoms with Crippen molar-refractivity contribution in [3.8, 4) is 0 Å². The Hall–Kier alpha value is -4.17. The largest absolute Gasteiger partial charge is 0.344 e. The molecule has 0 aromatic heterocycles. The van der Waals surface area contributed by atoms with E-state index in [2.05, 4.69) is 166 Å². The van der Waals surface area contributed by atoms with Crippen LogP contribution in [-0.2, 0) is 10.8 Å². The SMILES string of the molecule is CC1C=CC(CCCN2C(=CC=CC3=[N+](C)c4ccc5ccccc5c4C3(C)C)C(C)(C)c3c2ccc2ccccc32)C=C1. The molecule has 2 nitrogen and oxygen atoms in total. The first-order chi connectivity index (χ1) is 21.2. The van der Waals surface area contributed by atoms with E-state index in [0.717, 1.165) is 13.0 Å². The minimum atomic E-state index is -0.110. The fraction of sp³-hybridized carbons (Fsp3) is 0.310. The van der Waals surface area contributed by atoms with Gasteiger partial charge in [-0.05, 0) is 83.8 Å². The second-order valence-electron chi connectivity index (χ2n) is 14.1. The van der Waals surface area contributed by atoms with E-state index < -0.39 is 0 Å². The van der Waals surface area contributed by atoms with Gasteiger partial charge in [0, 0.05) is 41.1 Å². The van der Waals surface area contributed by atoms with E-state index in [4.69, 9.17) is 0 Å². The summed E-state index contributed by atoms with van der Waals surface area (Å²) in [5.41, 5.74) is 8.05. The molecule has 222 valence electrons. The molecule has 0 bridgehead atoms. The summed E-state index contributed by atoms with van der Waals surface area (Å²) in [6, 6.07) is 26.9. The van der Waals surface area contributed by atoms with E-state index in [1.54, 1.807) is 0 Å². The van der Waals surface area contributed by atoms with Crippen molar-refractivity contribution in [1.29, 1.82) is 0 Å². The Kier molecular flexibility index (Phi) is 7.00. The van der Waals surface area contributed by atoms with E-state index in [1.165, 1.54) is 61.9 Å². The van der Waals surface area contributed by atoms with E-state index in [0.29, 0.717) is 11.8 Å². The Balaban J connectivity index is 1.25. The van der Waals surface area contributed by atoms with Gasteiger partial charge in [0.2, 0.25) is 5.69 Å². The lowest BCUT2D eigenvalue weighted by Gasteiger charge is -2.27. The van der Waals surface area contributed by atoms with Crippen LogP contribution in [0.25, 0.3) is 21.5 Å². The van der Waals surface area contributed by atoms with Crippen molar-refractivity contribution in [2.75, 3.05) is 18.5 Å². The van der Waals surface area contributed by atoms with E-state index in [1.807, 2.05) is 0 Å². The maximum atomic E-state index is 2.61. The third kappa shape index (κ3) is 4.58. The summed E-state index contributed by atoms with van der Waals surface area (Å²) < 4.78 is 2.39. The minimum absolute atomic E-state index is 0.0947. The lowest BCUT2D eigenvalue weighted by molar-refractivity contribution is -0.401. The Morgan fingerprint density at radius 1 is 0.750 bits per heavy atom. The van der Waals surface area contributed by atoms with Crippen LogP contribution >= 0.6 is 0 Å². The molecule has 2 heterocycles. The van der Waals surface area contributed by atoms with Crippen molar-refractivity contribution in [1.82, 2.24) is 0 Å². The zero-order valence-corrected chi connectivity index (χ0v) is 27.1. The smallest absolute Gasteiger partial charge is 0.210 e. The van der Waals surface area contributed by atoms with Crippen LogP contribution in [0.2, 0.25) is 0 Å². The van der Waals surface area contributed by atoms with Crippen LogP contribution in [0.15, 0.2) is 121 Å². The number of anilines is 1. The molecule has 4 aromatic rings. The van der Waals surface area contributed by atoms with Gasteiger partial charge in [-0.25, -0.2) is 0 Å². The van der Waals surface area contributed by atoms with Crippen molar-refractivity contribution in [3.05, 3.63) is 132 Å². The van der Waals surface area contributed by atoms with Crippen molar-refractivity contribution in [2.45, 2.75) is 58.3 Å². The molecule has 7 rings (SSSR count). The van der Waals surface area contributed by atoms with Crippen molar-refractivity contribution >= 4 is 38.6 Å². The first-order valence-electron chi connectivity index (χ1n) is 16.4. The average molecular weight is 578 g/mol. The third-order valence-electron chi connectivity index (χ3n) is 10.4. The van der Waals surface area contributed by atoms with Gasteiger partial charge in [0.1, 0.15) is 7.05 Å². The zero-order chi connectivity index (χ0) is 30.6. The van der Waals surface area contributed by atoms with Crippen molar-refractivity contribution in [3.63, 3.8) is 0 Å². The Bertz CT molecular complexity index is 1910. The van der Waals surface area contributed by atoms with Crippen LogP contribution < -0.4 is 4.90 Å². The van der Waals surface area contributed by atoms with Gasteiger partial charge in [-0.1, -0.05) is 106 Å². The zero-order valence-electron chi connectivity index (χ0n) is 27.1. The van der Waals surface area contributed by atoms with Crippen molar-refractivity contribution < 1.29 is 4.58 Å². The fourth-order valence-corrected chi connectivity index (χ4v) is 8.14. The quantitative estimate of drug-likeness (QED) is 0.163. The fourth-order valence-electron chi connectivity index (χ4n) is 8.14. The average Bonchev–Trinajstić information content (AvgIpc) is 3.36. The maximum absolute atomic E-state index is 2.61. The molecule has 0 saturated carbocycles. The predicted molar refractivity (Wildman–Crippen MR) is 190 cm³/mol. The summed E-state index contributed by atoms with van der Waals surface area (Å²) in [6.45, 7) is 12.8. The minimum Gasteiger partial charge on any atom is -0.344 e. The highest BCUT2D eigenvalue weighted by atomic mass is 15.2. The normalized spacial score (nSPS) is 22.6. The summed E-state index contributed by atoms with van der Waals surface area (Å²) >= 11 is 0. The van der Waals surface area contributed by atoms with Crippen LogP contribution in [0.4, 0.5) is 11.4 Å². The van der Waals surface area contributed by atoms with E-state index >= 15 is 0 Å². The number of hydrogen-bond acceptors (Lipinski definition) is 1. The molecule has 2 aliphatic heterocycles. The lowest BCUT2D eigenvalue weighted by atomic mass is 9.79. The first-order valence-corrected chi connectivity index (χ1v) is 16.4. The molecule has 1 aliphatic carbocycles. The molecule has 4 aromatic carbocycles. The number of fused-ring (bicyclic) bond motifs is 6. The van der Waals surface area contributed by atoms with Crippen molar-refractivity contribution in [2.24, 2.45) is 11.8 Å². The predicted octanol–water partition coefficient (Wildman–Crippen LogP) is 10.4. The highest BCUT2D eigenvalue weighted by Crippen LogP contribution is 2.51. The molecule has 0 amide bonds.